The van der Waals surface area contributed by atoms with Crippen molar-refractivity contribution in [2.75, 3.05) is 18.4 Å². The van der Waals surface area contributed by atoms with E-state index in [1.54, 1.807) is 24.0 Å². The summed E-state index contributed by atoms with van der Waals surface area (Å²) in [5, 5.41) is 2.90. The van der Waals surface area contributed by atoms with Crippen molar-refractivity contribution in [1.82, 2.24) is 4.90 Å². The zero-order valence-electron chi connectivity index (χ0n) is 11.4. The predicted octanol–water partition coefficient (Wildman–Crippen LogP) is 1.88. The highest BCUT2D eigenvalue weighted by molar-refractivity contribution is 7.80. The van der Waals surface area contributed by atoms with E-state index < -0.39 is 11.9 Å². The molecule has 1 heterocycles. The van der Waals surface area contributed by atoms with Gasteiger partial charge in [0.25, 0.3) is 0 Å². The maximum absolute atomic E-state index is 13.9. The van der Waals surface area contributed by atoms with Crippen molar-refractivity contribution < 1.29 is 9.18 Å². The van der Waals surface area contributed by atoms with E-state index in [4.69, 9.17) is 18.0 Å². The fourth-order valence-electron chi connectivity index (χ4n) is 2.29. The van der Waals surface area contributed by atoms with Crippen molar-refractivity contribution >= 4 is 28.8 Å². The van der Waals surface area contributed by atoms with Crippen LogP contribution in [-0.2, 0) is 4.79 Å². The van der Waals surface area contributed by atoms with Gasteiger partial charge in [0.05, 0.1) is 5.69 Å². The van der Waals surface area contributed by atoms with Crippen LogP contribution in [0.5, 0.6) is 0 Å². The van der Waals surface area contributed by atoms with Crippen LogP contribution in [0.25, 0.3) is 0 Å². The number of nitrogens with zero attached hydrogens (tertiary/aromatic N) is 1. The molecule has 1 fully saturated rings. The number of carbonyl (C=O) groups is 1. The smallest absolute Gasteiger partial charge is 0.244 e. The van der Waals surface area contributed by atoms with E-state index >= 15 is 0 Å². The molecule has 0 aliphatic carbocycles. The Morgan fingerprint density at radius 1 is 1.45 bits per heavy atom. The van der Waals surface area contributed by atoms with Crippen LogP contribution in [0.1, 0.15) is 25.3 Å². The monoisotopic (exact) mass is 295 g/mol. The Kier molecular flexibility index (Phi) is 4.54. The predicted molar refractivity (Wildman–Crippen MR) is 81.2 cm³/mol. The van der Waals surface area contributed by atoms with Crippen LogP contribution < -0.4 is 11.1 Å². The third-order valence-electron chi connectivity index (χ3n) is 3.41. The molecule has 1 atom stereocenters. The number of hydrogen-bond acceptors (Lipinski definition) is 3. The summed E-state index contributed by atoms with van der Waals surface area (Å²) in [6.45, 7) is 3.31. The molecule has 0 spiro atoms. The number of amides is 1. The van der Waals surface area contributed by atoms with Gasteiger partial charge < -0.3 is 16.0 Å². The summed E-state index contributed by atoms with van der Waals surface area (Å²) in [5.41, 5.74) is 6.20. The van der Waals surface area contributed by atoms with E-state index in [1.807, 2.05) is 0 Å². The highest BCUT2D eigenvalue weighted by atomic mass is 32.1. The molecule has 6 heteroatoms. The van der Waals surface area contributed by atoms with Gasteiger partial charge in [0.15, 0.2) is 0 Å². The Labute approximate surface area is 123 Å². The van der Waals surface area contributed by atoms with Crippen LogP contribution in [0, 0.1) is 5.82 Å². The van der Waals surface area contributed by atoms with Crippen LogP contribution in [0.3, 0.4) is 0 Å². The van der Waals surface area contributed by atoms with Gasteiger partial charge in [-0.3, -0.25) is 4.79 Å². The van der Waals surface area contributed by atoms with Gasteiger partial charge in [-0.1, -0.05) is 12.2 Å². The second kappa shape index (κ2) is 6.17. The molecule has 0 bridgehead atoms. The first-order valence-corrected chi connectivity index (χ1v) is 7.04. The molecule has 0 radical (unpaired) electrons. The third-order valence-corrected chi connectivity index (χ3v) is 3.65. The van der Waals surface area contributed by atoms with E-state index in [-0.39, 0.29) is 16.6 Å². The van der Waals surface area contributed by atoms with Crippen LogP contribution in [0.2, 0.25) is 0 Å². The van der Waals surface area contributed by atoms with E-state index in [0.29, 0.717) is 5.56 Å². The second-order valence-corrected chi connectivity index (χ2v) is 5.40. The van der Waals surface area contributed by atoms with Gasteiger partial charge in [-0.2, -0.15) is 0 Å². The zero-order chi connectivity index (χ0) is 14.7. The molecule has 1 unspecified atom stereocenters. The van der Waals surface area contributed by atoms with Gasteiger partial charge in [0, 0.05) is 18.7 Å². The van der Waals surface area contributed by atoms with Crippen LogP contribution in [-0.4, -0.2) is 34.9 Å². The van der Waals surface area contributed by atoms with Gasteiger partial charge in [-0.05, 0) is 38.0 Å². The average molecular weight is 295 g/mol. The molecular formula is C14H18FN3OS. The summed E-state index contributed by atoms with van der Waals surface area (Å²) in [4.78, 5) is 14.1. The number of nitrogens with one attached hydrogen (secondary N) is 1. The van der Waals surface area contributed by atoms with E-state index in [1.165, 1.54) is 6.07 Å². The van der Waals surface area contributed by atoms with Gasteiger partial charge in [-0.25, -0.2) is 4.39 Å². The number of benzene rings is 1. The lowest BCUT2D eigenvalue weighted by atomic mass is 10.1. The van der Waals surface area contributed by atoms with Crippen molar-refractivity contribution in [2.24, 2.45) is 5.73 Å². The molecule has 1 aromatic rings. The summed E-state index contributed by atoms with van der Waals surface area (Å²) in [5.74, 6) is -0.461. The largest absolute Gasteiger partial charge is 0.389 e. The van der Waals surface area contributed by atoms with Crippen molar-refractivity contribution in [3.05, 3.63) is 29.6 Å². The molecule has 1 aliphatic rings. The first-order chi connectivity index (χ1) is 9.49. The highest BCUT2D eigenvalue weighted by Gasteiger charge is 2.23. The molecule has 4 nitrogen and oxygen atoms in total. The highest BCUT2D eigenvalue weighted by Crippen LogP contribution is 2.18. The molecule has 0 aromatic heterocycles. The van der Waals surface area contributed by atoms with Crippen molar-refractivity contribution in [3.8, 4) is 0 Å². The van der Waals surface area contributed by atoms with Gasteiger partial charge in [0.1, 0.15) is 16.8 Å². The number of halogens is 1. The number of rotatable bonds is 4. The Morgan fingerprint density at radius 3 is 2.65 bits per heavy atom. The topological polar surface area (TPSA) is 58.4 Å². The molecule has 1 saturated heterocycles. The standard InChI is InChI=1S/C14H18FN3OS/c1-9(14(19)18-6-2-3-7-18)17-12-5-4-10(13(16)20)8-11(12)15/h4-5,8-9,17H,2-3,6-7H2,1H3,(H2,16,20). The molecule has 108 valence electrons. The molecule has 1 aromatic carbocycles. The first kappa shape index (κ1) is 14.7. The minimum absolute atomic E-state index is 0.000298. The number of hydrogen-bond donors (Lipinski definition) is 2. The van der Waals surface area contributed by atoms with Gasteiger partial charge in [0.2, 0.25) is 5.91 Å². The molecule has 20 heavy (non-hydrogen) atoms. The molecule has 1 amide bonds. The molecule has 1 aliphatic heterocycles. The normalized spacial score (nSPS) is 16.0. The summed E-state index contributed by atoms with van der Waals surface area (Å²) >= 11 is 4.80. The number of carbonyl (C=O) groups excluding carboxylic acids is 1. The Balaban J connectivity index is 2.05. The average Bonchev–Trinajstić information content (AvgIpc) is 2.93. The van der Waals surface area contributed by atoms with Gasteiger partial charge >= 0.3 is 0 Å². The van der Waals surface area contributed by atoms with Crippen LogP contribution in [0.4, 0.5) is 10.1 Å². The number of likely N-dealkylation sites (tertiary alicyclic amines) is 1. The number of nitrogens with two attached hydrogens (primary N) is 1. The lowest BCUT2D eigenvalue weighted by Crippen LogP contribution is -2.39. The van der Waals surface area contributed by atoms with Crippen molar-refractivity contribution in [3.63, 3.8) is 0 Å². The number of anilines is 1. The van der Waals surface area contributed by atoms with E-state index in [2.05, 4.69) is 5.32 Å². The Hall–Kier alpha value is -1.69. The molecule has 2 rings (SSSR count). The summed E-state index contributed by atoms with van der Waals surface area (Å²) in [7, 11) is 0. The lowest BCUT2D eigenvalue weighted by Gasteiger charge is -2.22. The van der Waals surface area contributed by atoms with E-state index in [0.717, 1.165) is 25.9 Å². The summed E-state index contributed by atoms with van der Waals surface area (Å²) < 4.78 is 13.9. The zero-order valence-corrected chi connectivity index (χ0v) is 12.2. The maximum Gasteiger partial charge on any atom is 0.244 e. The molecule has 0 saturated carbocycles. The minimum atomic E-state index is -0.462. The fourth-order valence-corrected chi connectivity index (χ4v) is 2.42. The second-order valence-electron chi connectivity index (χ2n) is 4.96. The minimum Gasteiger partial charge on any atom is -0.389 e. The number of thiocarbonyl (C=S) groups is 1. The third kappa shape index (κ3) is 3.25. The van der Waals surface area contributed by atoms with E-state index in [9.17, 15) is 9.18 Å². The summed E-state index contributed by atoms with van der Waals surface area (Å²) in [6, 6.07) is 4.01. The van der Waals surface area contributed by atoms with Crippen molar-refractivity contribution in [1.29, 1.82) is 0 Å². The maximum atomic E-state index is 13.9. The van der Waals surface area contributed by atoms with Crippen LogP contribution in [0.15, 0.2) is 18.2 Å². The SMILES string of the molecule is CC(Nc1ccc(C(N)=S)cc1F)C(=O)N1CCCC1. The quantitative estimate of drug-likeness (QED) is 0.833. The van der Waals surface area contributed by atoms with Crippen LogP contribution >= 0.6 is 12.2 Å². The fraction of sp³-hybridized carbons (Fsp3) is 0.429. The Morgan fingerprint density at radius 2 is 2.10 bits per heavy atom. The Bertz CT molecular complexity index is 529. The molecular weight excluding hydrogens is 277 g/mol. The molecule has 3 N–H and O–H groups in total. The first-order valence-electron chi connectivity index (χ1n) is 6.63. The van der Waals surface area contributed by atoms with Crippen molar-refractivity contribution in [2.45, 2.75) is 25.8 Å². The van der Waals surface area contributed by atoms with Gasteiger partial charge in [-0.15, -0.1) is 0 Å². The summed E-state index contributed by atoms with van der Waals surface area (Å²) in [6.07, 6.45) is 2.07. The lowest BCUT2D eigenvalue weighted by molar-refractivity contribution is -0.130.